The van der Waals surface area contributed by atoms with E-state index in [-0.39, 0.29) is 6.61 Å². The SMILES string of the molecule is O=NCCCCc1cc(CCS)c(Cl)c(CCCCCO)c1. The number of halogens is 1. The van der Waals surface area contributed by atoms with Gasteiger partial charge < -0.3 is 5.11 Å². The first kappa shape index (κ1) is 19.5. The Hall–Kier alpha value is -0.580. The Morgan fingerprint density at radius 2 is 1.68 bits per heavy atom. The summed E-state index contributed by atoms with van der Waals surface area (Å²) in [6.07, 6.45) is 7.48. The first-order chi connectivity index (χ1) is 10.7. The van der Waals surface area contributed by atoms with Crippen LogP contribution < -0.4 is 0 Å². The minimum atomic E-state index is 0.253. The van der Waals surface area contributed by atoms with Gasteiger partial charge in [0.15, 0.2) is 0 Å². The zero-order valence-electron chi connectivity index (χ0n) is 13.1. The van der Waals surface area contributed by atoms with E-state index in [2.05, 4.69) is 29.9 Å². The second kappa shape index (κ2) is 11.9. The summed E-state index contributed by atoms with van der Waals surface area (Å²) in [7, 11) is 0. The summed E-state index contributed by atoms with van der Waals surface area (Å²) >= 11 is 10.8. The molecule has 0 saturated heterocycles. The van der Waals surface area contributed by atoms with E-state index in [1.54, 1.807) is 0 Å². The average Bonchev–Trinajstić information content (AvgIpc) is 2.52. The van der Waals surface area contributed by atoms with Gasteiger partial charge in [-0.25, -0.2) is 0 Å². The van der Waals surface area contributed by atoms with E-state index >= 15 is 0 Å². The highest BCUT2D eigenvalue weighted by Crippen LogP contribution is 2.27. The number of hydrogen-bond acceptors (Lipinski definition) is 4. The van der Waals surface area contributed by atoms with Crippen LogP contribution in [0.5, 0.6) is 0 Å². The van der Waals surface area contributed by atoms with E-state index in [0.717, 1.165) is 62.1 Å². The third-order valence-corrected chi connectivity index (χ3v) is 4.44. The van der Waals surface area contributed by atoms with E-state index in [4.69, 9.17) is 16.7 Å². The van der Waals surface area contributed by atoms with Gasteiger partial charge in [-0.2, -0.15) is 17.5 Å². The van der Waals surface area contributed by atoms with E-state index in [1.165, 1.54) is 16.7 Å². The molecule has 124 valence electrons. The third-order valence-electron chi connectivity index (χ3n) is 3.73. The molecule has 0 radical (unpaired) electrons. The van der Waals surface area contributed by atoms with Gasteiger partial charge in [0.25, 0.3) is 0 Å². The van der Waals surface area contributed by atoms with Gasteiger partial charge in [-0.3, -0.25) is 0 Å². The fourth-order valence-corrected chi connectivity index (χ4v) is 3.10. The Morgan fingerprint density at radius 3 is 2.32 bits per heavy atom. The number of nitrogens with zero attached hydrogens (tertiary/aromatic N) is 1. The molecule has 0 aliphatic rings. The predicted octanol–water partition coefficient (Wildman–Crippen LogP) is 4.61. The molecule has 0 aliphatic heterocycles. The van der Waals surface area contributed by atoms with Crippen LogP contribution in [0.15, 0.2) is 17.3 Å². The van der Waals surface area contributed by atoms with Crippen LogP contribution in [-0.2, 0) is 19.3 Å². The second-order valence-corrected chi connectivity index (χ2v) is 6.37. The summed E-state index contributed by atoms with van der Waals surface area (Å²) < 4.78 is 0. The number of aliphatic hydroxyl groups is 1. The van der Waals surface area contributed by atoms with Crippen molar-refractivity contribution < 1.29 is 5.11 Å². The van der Waals surface area contributed by atoms with Gasteiger partial charge in [-0.1, -0.05) is 35.3 Å². The first-order valence-electron chi connectivity index (χ1n) is 8.04. The molecule has 0 unspecified atom stereocenters. The maximum absolute atomic E-state index is 10.1. The number of unbranched alkanes of at least 4 members (excludes halogenated alkanes) is 3. The van der Waals surface area contributed by atoms with Crippen LogP contribution in [0.25, 0.3) is 0 Å². The number of rotatable bonds is 12. The monoisotopic (exact) mass is 343 g/mol. The molecule has 3 nitrogen and oxygen atoms in total. The Balaban J connectivity index is 2.74. The van der Waals surface area contributed by atoms with Gasteiger partial charge in [0.05, 0.1) is 6.54 Å². The molecule has 1 aromatic carbocycles. The Labute approximate surface area is 143 Å². The van der Waals surface area contributed by atoms with Crippen molar-refractivity contribution >= 4 is 24.2 Å². The van der Waals surface area contributed by atoms with E-state index in [0.29, 0.717) is 6.54 Å². The number of aliphatic hydroxyl groups excluding tert-OH is 1. The largest absolute Gasteiger partial charge is 0.396 e. The molecule has 1 rings (SSSR count). The third kappa shape index (κ3) is 7.12. The van der Waals surface area contributed by atoms with Crippen LogP contribution in [0, 0.1) is 4.91 Å². The molecular formula is C17H26ClNO2S. The molecule has 0 atom stereocenters. The first-order valence-corrected chi connectivity index (χ1v) is 9.05. The Morgan fingerprint density at radius 1 is 1.00 bits per heavy atom. The summed E-state index contributed by atoms with van der Waals surface area (Å²) in [4.78, 5) is 10.1. The molecule has 0 saturated carbocycles. The number of nitroso groups, excluding NO2 is 1. The molecule has 0 aliphatic carbocycles. The van der Waals surface area contributed by atoms with Crippen molar-refractivity contribution in [2.75, 3.05) is 18.9 Å². The van der Waals surface area contributed by atoms with Crippen molar-refractivity contribution in [2.45, 2.75) is 51.4 Å². The summed E-state index contributed by atoms with van der Waals surface area (Å²) in [6.45, 7) is 0.647. The fourth-order valence-electron chi connectivity index (χ4n) is 2.56. The molecule has 0 amide bonds. The Kier molecular flexibility index (Phi) is 10.5. The van der Waals surface area contributed by atoms with Crippen molar-refractivity contribution in [2.24, 2.45) is 5.18 Å². The number of hydrogen-bond donors (Lipinski definition) is 2. The topological polar surface area (TPSA) is 49.7 Å². The highest BCUT2D eigenvalue weighted by molar-refractivity contribution is 7.80. The molecule has 0 bridgehead atoms. The normalized spacial score (nSPS) is 10.9. The molecule has 0 spiro atoms. The van der Waals surface area contributed by atoms with Crippen LogP contribution in [0.1, 0.15) is 48.8 Å². The molecule has 0 fully saturated rings. The molecule has 22 heavy (non-hydrogen) atoms. The zero-order valence-corrected chi connectivity index (χ0v) is 14.7. The smallest absolute Gasteiger partial charge is 0.0811 e. The minimum Gasteiger partial charge on any atom is -0.396 e. The molecule has 0 heterocycles. The standard InChI is InChI=1S/C17H26ClNO2S/c18-17-15(7-2-1-5-10-20)12-14(6-3-4-9-19-21)13-16(17)8-11-22/h12-13,20,22H,1-11H2. The number of benzene rings is 1. The van der Waals surface area contributed by atoms with Gasteiger partial charge in [0.2, 0.25) is 0 Å². The summed E-state index contributed by atoms with van der Waals surface area (Å²) in [5.74, 6) is 0.780. The van der Waals surface area contributed by atoms with Crippen molar-refractivity contribution in [1.29, 1.82) is 0 Å². The summed E-state index contributed by atoms with van der Waals surface area (Å²) in [5.41, 5.74) is 3.64. The Bertz CT molecular complexity index is 455. The van der Waals surface area contributed by atoms with Crippen molar-refractivity contribution in [3.63, 3.8) is 0 Å². The second-order valence-electron chi connectivity index (χ2n) is 5.55. The minimum absolute atomic E-state index is 0.253. The number of thiol groups is 1. The van der Waals surface area contributed by atoms with Crippen LogP contribution in [0.4, 0.5) is 0 Å². The van der Waals surface area contributed by atoms with Crippen LogP contribution >= 0.6 is 24.2 Å². The maximum Gasteiger partial charge on any atom is 0.0811 e. The fraction of sp³-hybridized carbons (Fsp3) is 0.647. The van der Waals surface area contributed by atoms with E-state index in [9.17, 15) is 4.91 Å². The van der Waals surface area contributed by atoms with Gasteiger partial charge in [-0.15, -0.1) is 0 Å². The van der Waals surface area contributed by atoms with Gasteiger partial charge in [0.1, 0.15) is 0 Å². The lowest BCUT2D eigenvalue weighted by molar-refractivity contribution is 0.283. The van der Waals surface area contributed by atoms with Crippen LogP contribution in [0.3, 0.4) is 0 Å². The maximum atomic E-state index is 10.1. The molecule has 5 heteroatoms. The zero-order chi connectivity index (χ0) is 16.2. The van der Waals surface area contributed by atoms with Gasteiger partial charge in [0, 0.05) is 11.6 Å². The lowest BCUT2D eigenvalue weighted by Gasteiger charge is -2.13. The lowest BCUT2D eigenvalue weighted by Crippen LogP contribution is -1.99. The predicted molar refractivity (Wildman–Crippen MR) is 97.2 cm³/mol. The lowest BCUT2D eigenvalue weighted by atomic mass is 9.97. The van der Waals surface area contributed by atoms with Crippen molar-refractivity contribution in [3.05, 3.63) is 38.8 Å². The summed E-state index contributed by atoms with van der Waals surface area (Å²) in [5, 5.41) is 12.6. The quantitative estimate of drug-likeness (QED) is 0.331. The van der Waals surface area contributed by atoms with E-state index < -0.39 is 0 Å². The molecule has 1 aromatic rings. The van der Waals surface area contributed by atoms with Crippen LogP contribution in [0.2, 0.25) is 5.02 Å². The average molecular weight is 344 g/mol. The molecule has 0 aromatic heterocycles. The summed E-state index contributed by atoms with van der Waals surface area (Å²) in [6, 6.07) is 4.36. The van der Waals surface area contributed by atoms with Crippen molar-refractivity contribution in [1.82, 2.24) is 0 Å². The van der Waals surface area contributed by atoms with E-state index in [1.807, 2.05) is 0 Å². The van der Waals surface area contributed by atoms with Gasteiger partial charge >= 0.3 is 0 Å². The van der Waals surface area contributed by atoms with Crippen molar-refractivity contribution in [3.8, 4) is 0 Å². The highest BCUT2D eigenvalue weighted by Gasteiger charge is 2.09. The number of aryl methyl sites for hydroxylation is 3. The van der Waals surface area contributed by atoms with Crippen LogP contribution in [-0.4, -0.2) is 24.0 Å². The van der Waals surface area contributed by atoms with Gasteiger partial charge in [-0.05, 0) is 67.4 Å². The molecular weight excluding hydrogens is 318 g/mol. The molecule has 1 N–H and O–H groups in total. The highest BCUT2D eigenvalue weighted by atomic mass is 35.5.